The molecule has 1 saturated heterocycles. The second-order valence-corrected chi connectivity index (χ2v) is 6.27. The first kappa shape index (κ1) is 15.8. The van der Waals surface area contributed by atoms with Crippen LogP contribution < -0.4 is 10.6 Å². The number of nitrogens with two attached hydrogens (primary N) is 1. The topological polar surface area (TPSA) is 58.3 Å². The summed E-state index contributed by atoms with van der Waals surface area (Å²) in [5.41, 5.74) is 7.31. The number of hydrogen-bond acceptors (Lipinski definition) is 5. The molecule has 1 atom stereocenters. The summed E-state index contributed by atoms with van der Waals surface area (Å²) < 4.78 is 13.1. The van der Waals surface area contributed by atoms with Crippen LogP contribution in [0.2, 0.25) is 0 Å². The Morgan fingerprint density at radius 2 is 1.57 bits per heavy atom. The highest BCUT2D eigenvalue weighted by molar-refractivity contribution is 5.38. The summed E-state index contributed by atoms with van der Waals surface area (Å²) in [6.07, 6.45) is 3.54. The van der Waals surface area contributed by atoms with Crippen molar-refractivity contribution in [2.45, 2.75) is 12.5 Å². The average molecular weight is 315 g/mol. The van der Waals surface area contributed by atoms with Gasteiger partial charge in [-0.3, -0.25) is 0 Å². The monoisotopic (exact) mass is 315 g/mol. The van der Waals surface area contributed by atoms with E-state index >= 15 is 0 Å². The van der Waals surface area contributed by atoms with E-state index < -0.39 is 5.54 Å². The van der Waals surface area contributed by atoms with E-state index in [-0.39, 0.29) is 5.82 Å². The minimum Gasteiger partial charge on any atom is -0.338 e. The maximum Gasteiger partial charge on any atom is 0.225 e. The number of rotatable bonds is 3. The molecule has 0 amide bonds. The highest BCUT2D eigenvalue weighted by Gasteiger charge is 2.25. The average Bonchev–Trinajstić information content (AvgIpc) is 2.56. The van der Waals surface area contributed by atoms with Crippen LogP contribution >= 0.6 is 0 Å². The van der Waals surface area contributed by atoms with Crippen LogP contribution in [0.3, 0.4) is 0 Å². The smallest absolute Gasteiger partial charge is 0.225 e. The van der Waals surface area contributed by atoms with Gasteiger partial charge in [0, 0.05) is 44.1 Å². The third-order valence-electron chi connectivity index (χ3n) is 4.47. The second-order valence-electron chi connectivity index (χ2n) is 6.27. The quantitative estimate of drug-likeness (QED) is 0.932. The van der Waals surface area contributed by atoms with Gasteiger partial charge in [0.15, 0.2) is 0 Å². The van der Waals surface area contributed by atoms with E-state index in [1.807, 2.05) is 6.92 Å². The van der Waals surface area contributed by atoms with Crippen LogP contribution in [0.25, 0.3) is 0 Å². The Kier molecular flexibility index (Phi) is 4.28. The van der Waals surface area contributed by atoms with Gasteiger partial charge in [0.2, 0.25) is 5.95 Å². The van der Waals surface area contributed by atoms with Crippen LogP contribution in [-0.2, 0) is 5.54 Å². The molecule has 1 aromatic heterocycles. The van der Waals surface area contributed by atoms with E-state index in [2.05, 4.69) is 26.8 Å². The first-order valence-electron chi connectivity index (χ1n) is 7.78. The number of anilines is 1. The lowest BCUT2D eigenvalue weighted by Gasteiger charge is -2.32. The van der Waals surface area contributed by atoms with Crippen molar-refractivity contribution >= 4 is 5.95 Å². The lowest BCUT2D eigenvalue weighted by atomic mass is 9.87. The van der Waals surface area contributed by atoms with Crippen molar-refractivity contribution in [2.24, 2.45) is 5.73 Å². The van der Waals surface area contributed by atoms with E-state index in [9.17, 15) is 4.39 Å². The number of piperazine rings is 1. The highest BCUT2D eigenvalue weighted by atomic mass is 19.1. The van der Waals surface area contributed by atoms with Gasteiger partial charge in [0.05, 0.1) is 5.54 Å². The first-order valence-corrected chi connectivity index (χ1v) is 7.78. The number of nitrogens with zero attached hydrogens (tertiary/aromatic N) is 4. The summed E-state index contributed by atoms with van der Waals surface area (Å²) in [4.78, 5) is 13.4. The maximum atomic E-state index is 13.1. The van der Waals surface area contributed by atoms with Gasteiger partial charge in [-0.15, -0.1) is 0 Å². The fourth-order valence-electron chi connectivity index (χ4n) is 2.72. The molecule has 2 aromatic rings. The molecule has 23 heavy (non-hydrogen) atoms. The minimum absolute atomic E-state index is 0.272. The lowest BCUT2D eigenvalue weighted by Crippen LogP contribution is -2.45. The summed E-state index contributed by atoms with van der Waals surface area (Å²) in [5.74, 6) is 0.461. The molecule has 1 fully saturated rings. The zero-order valence-corrected chi connectivity index (χ0v) is 13.5. The summed E-state index contributed by atoms with van der Waals surface area (Å²) in [5, 5.41) is 0. The van der Waals surface area contributed by atoms with Crippen molar-refractivity contribution < 1.29 is 4.39 Å². The Labute approximate surface area is 136 Å². The predicted molar refractivity (Wildman–Crippen MR) is 88.8 cm³/mol. The molecule has 1 aromatic carbocycles. The Bertz CT molecular complexity index is 646. The molecule has 122 valence electrons. The van der Waals surface area contributed by atoms with Gasteiger partial charge in [0.1, 0.15) is 5.82 Å². The van der Waals surface area contributed by atoms with Crippen LogP contribution in [0.15, 0.2) is 36.7 Å². The Hall–Kier alpha value is -2.05. The van der Waals surface area contributed by atoms with Gasteiger partial charge in [-0.2, -0.15) is 0 Å². The Morgan fingerprint density at radius 1 is 1.00 bits per heavy atom. The van der Waals surface area contributed by atoms with Crippen LogP contribution in [0, 0.1) is 5.82 Å². The van der Waals surface area contributed by atoms with Crippen LogP contribution in [0.4, 0.5) is 10.3 Å². The predicted octanol–water partition coefficient (Wildman–Crippen LogP) is 1.59. The van der Waals surface area contributed by atoms with Gasteiger partial charge < -0.3 is 15.5 Å². The van der Waals surface area contributed by atoms with E-state index in [4.69, 9.17) is 5.73 Å². The third-order valence-corrected chi connectivity index (χ3v) is 4.47. The van der Waals surface area contributed by atoms with Crippen LogP contribution in [-0.4, -0.2) is 48.1 Å². The zero-order chi connectivity index (χ0) is 16.4. The molecule has 6 heteroatoms. The summed E-state index contributed by atoms with van der Waals surface area (Å²) in [6.45, 7) is 5.75. The fourth-order valence-corrected chi connectivity index (χ4v) is 2.72. The SMILES string of the molecule is CN1CCN(c2ncc([C@@](C)(N)c3ccc(F)cc3)cn2)CC1. The molecular weight excluding hydrogens is 293 g/mol. The molecular formula is C17H22FN5. The summed E-state index contributed by atoms with van der Waals surface area (Å²) >= 11 is 0. The van der Waals surface area contributed by atoms with Crippen molar-refractivity contribution in [1.29, 1.82) is 0 Å². The van der Waals surface area contributed by atoms with Crippen molar-refractivity contribution in [3.63, 3.8) is 0 Å². The number of likely N-dealkylation sites (N-methyl/N-ethyl adjacent to an activating group) is 1. The van der Waals surface area contributed by atoms with E-state index in [0.29, 0.717) is 0 Å². The number of benzene rings is 1. The standard InChI is InChI=1S/C17H22FN5/c1-17(19,13-3-5-15(18)6-4-13)14-11-20-16(21-12-14)23-9-7-22(2)8-10-23/h3-6,11-12H,7-10,19H2,1-2H3/t17-/m0/s1. The molecule has 0 spiro atoms. The molecule has 0 aliphatic carbocycles. The second kappa shape index (κ2) is 6.22. The van der Waals surface area contributed by atoms with Gasteiger partial charge in [-0.25, -0.2) is 14.4 Å². The maximum absolute atomic E-state index is 13.1. The first-order chi connectivity index (χ1) is 11.0. The number of halogens is 1. The Morgan fingerprint density at radius 3 is 2.13 bits per heavy atom. The van der Waals surface area contributed by atoms with Crippen molar-refractivity contribution in [3.05, 3.63) is 53.6 Å². The molecule has 0 unspecified atom stereocenters. The van der Waals surface area contributed by atoms with E-state index in [1.165, 1.54) is 12.1 Å². The van der Waals surface area contributed by atoms with Gasteiger partial charge in [0.25, 0.3) is 0 Å². The van der Waals surface area contributed by atoms with Gasteiger partial charge in [-0.05, 0) is 31.7 Å². The third kappa shape index (κ3) is 3.33. The Balaban J connectivity index is 1.79. The normalized spacial score (nSPS) is 18.7. The van der Waals surface area contributed by atoms with E-state index in [1.54, 1.807) is 24.5 Å². The molecule has 5 nitrogen and oxygen atoms in total. The van der Waals surface area contributed by atoms with Crippen molar-refractivity contribution in [1.82, 2.24) is 14.9 Å². The number of aromatic nitrogens is 2. The molecule has 1 aliphatic rings. The molecule has 1 aliphatic heterocycles. The molecule has 2 heterocycles. The van der Waals surface area contributed by atoms with Crippen LogP contribution in [0.1, 0.15) is 18.1 Å². The molecule has 0 radical (unpaired) electrons. The lowest BCUT2D eigenvalue weighted by molar-refractivity contribution is 0.311. The molecule has 3 rings (SSSR count). The molecule has 0 bridgehead atoms. The summed E-state index contributed by atoms with van der Waals surface area (Å²) in [6, 6.07) is 6.23. The molecule has 2 N–H and O–H groups in total. The molecule has 0 saturated carbocycles. The highest BCUT2D eigenvalue weighted by Crippen LogP contribution is 2.26. The van der Waals surface area contributed by atoms with Crippen molar-refractivity contribution in [2.75, 3.05) is 38.1 Å². The largest absolute Gasteiger partial charge is 0.338 e. The van der Waals surface area contributed by atoms with Crippen LogP contribution in [0.5, 0.6) is 0 Å². The fraction of sp³-hybridized carbons (Fsp3) is 0.412. The van der Waals surface area contributed by atoms with Crippen molar-refractivity contribution in [3.8, 4) is 0 Å². The summed E-state index contributed by atoms with van der Waals surface area (Å²) in [7, 11) is 2.11. The van der Waals surface area contributed by atoms with Gasteiger partial charge >= 0.3 is 0 Å². The van der Waals surface area contributed by atoms with Gasteiger partial charge in [-0.1, -0.05) is 12.1 Å². The minimum atomic E-state index is -0.756. The zero-order valence-electron chi connectivity index (χ0n) is 13.5. The number of hydrogen-bond donors (Lipinski definition) is 1. The van der Waals surface area contributed by atoms with E-state index in [0.717, 1.165) is 43.3 Å².